The van der Waals surface area contributed by atoms with Crippen molar-refractivity contribution in [1.29, 1.82) is 0 Å². The van der Waals surface area contributed by atoms with Gasteiger partial charge in [-0.1, -0.05) is 0 Å². The van der Waals surface area contributed by atoms with Crippen LogP contribution in [0.5, 0.6) is 0 Å². The number of hydrazine groups is 1. The summed E-state index contributed by atoms with van der Waals surface area (Å²) in [6.45, 7) is 1.52. The fourth-order valence-electron chi connectivity index (χ4n) is 2.29. The molecule has 0 radical (unpaired) electrons. The van der Waals surface area contributed by atoms with Gasteiger partial charge in [0, 0.05) is 18.0 Å². The van der Waals surface area contributed by atoms with Crippen LogP contribution in [0.1, 0.15) is 10.4 Å². The maximum atomic E-state index is 11.0. The Morgan fingerprint density at radius 3 is 3.10 bits per heavy atom. The number of hydrogen-bond donors (Lipinski definition) is 2. The molecule has 0 spiro atoms. The third-order valence-corrected chi connectivity index (χ3v) is 4.31. The molecule has 104 valence electrons. The van der Waals surface area contributed by atoms with E-state index >= 15 is 0 Å². The molecule has 0 fully saturated rings. The number of pyridine rings is 1. The average Bonchev–Trinajstić information content (AvgIpc) is 2.94. The summed E-state index contributed by atoms with van der Waals surface area (Å²) in [5, 5.41) is 13.0. The second-order valence-electron chi connectivity index (χ2n) is 4.51. The van der Waals surface area contributed by atoms with Gasteiger partial charge in [-0.3, -0.25) is 10.1 Å². The Kier molecular flexibility index (Phi) is 3.25. The van der Waals surface area contributed by atoms with E-state index in [1.165, 1.54) is 22.6 Å². The molecule has 7 nitrogen and oxygen atoms in total. The number of thiophene rings is 1. The van der Waals surface area contributed by atoms with Gasteiger partial charge in [0.15, 0.2) is 0 Å². The van der Waals surface area contributed by atoms with Crippen LogP contribution < -0.4 is 16.2 Å². The summed E-state index contributed by atoms with van der Waals surface area (Å²) in [6, 6.07) is 4.90. The second kappa shape index (κ2) is 5.06. The zero-order valence-electron chi connectivity index (χ0n) is 10.6. The lowest BCUT2D eigenvalue weighted by molar-refractivity contribution is -0.384. The first-order valence-corrected chi connectivity index (χ1v) is 6.98. The Labute approximate surface area is 119 Å². The van der Waals surface area contributed by atoms with Crippen LogP contribution in [0.3, 0.4) is 0 Å². The number of nitrogens with two attached hydrogens (primary N) is 1. The van der Waals surface area contributed by atoms with Gasteiger partial charge in [-0.2, -0.15) is 0 Å². The van der Waals surface area contributed by atoms with Gasteiger partial charge >= 0.3 is 0 Å². The Morgan fingerprint density at radius 2 is 2.35 bits per heavy atom. The normalized spacial score (nSPS) is 13.9. The molecule has 8 heteroatoms. The summed E-state index contributed by atoms with van der Waals surface area (Å²) in [4.78, 5) is 18.2. The fourth-order valence-corrected chi connectivity index (χ4v) is 3.18. The molecular formula is C12H13N5O2S. The van der Waals surface area contributed by atoms with Crippen molar-refractivity contribution in [3.8, 4) is 0 Å². The van der Waals surface area contributed by atoms with Crippen LogP contribution in [0.15, 0.2) is 23.6 Å². The van der Waals surface area contributed by atoms with Gasteiger partial charge in [0.2, 0.25) is 0 Å². The minimum atomic E-state index is -0.439. The molecule has 3 heterocycles. The van der Waals surface area contributed by atoms with E-state index in [-0.39, 0.29) is 5.69 Å². The Hall–Kier alpha value is -2.19. The molecule has 0 unspecified atom stereocenters. The number of aromatic nitrogens is 1. The molecule has 0 bridgehead atoms. The predicted octanol–water partition coefficient (Wildman–Crippen LogP) is 1.90. The molecule has 0 aromatic carbocycles. The monoisotopic (exact) mass is 291 g/mol. The van der Waals surface area contributed by atoms with E-state index in [0.717, 1.165) is 19.5 Å². The van der Waals surface area contributed by atoms with Crippen molar-refractivity contribution < 1.29 is 4.92 Å². The van der Waals surface area contributed by atoms with Crippen molar-refractivity contribution in [2.24, 2.45) is 5.84 Å². The van der Waals surface area contributed by atoms with Crippen molar-refractivity contribution in [3.63, 3.8) is 0 Å². The van der Waals surface area contributed by atoms with Crippen molar-refractivity contribution >= 4 is 28.7 Å². The predicted molar refractivity (Wildman–Crippen MR) is 77.8 cm³/mol. The third-order valence-electron chi connectivity index (χ3n) is 3.29. The molecule has 3 N–H and O–H groups in total. The smallest absolute Gasteiger partial charge is 0.276 e. The topological polar surface area (TPSA) is 97.3 Å². The van der Waals surface area contributed by atoms with Gasteiger partial charge < -0.3 is 10.3 Å². The summed E-state index contributed by atoms with van der Waals surface area (Å²) in [5.74, 6) is 6.20. The van der Waals surface area contributed by atoms with Gasteiger partial charge in [-0.15, -0.1) is 11.3 Å². The van der Waals surface area contributed by atoms with E-state index < -0.39 is 4.92 Å². The molecule has 0 saturated carbocycles. The standard InChI is InChI=1S/C12H13N5O2S/c13-15-11-5-9(17(18)19)6-12(14-11)16-3-1-10-8(7-16)2-4-20-10/h2,4-6H,1,3,7,13H2,(H,14,15). The minimum absolute atomic E-state index is 0.0148. The second-order valence-corrected chi connectivity index (χ2v) is 5.51. The third kappa shape index (κ3) is 2.30. The van der Waals surface area contributed by atoms with Gasteiger partial charge in [0.25, 0.3) is 5.69 Å². The average molecular weight is 291 g/mol. The van der Waals surface area contributed by atoms with E-state index in [9.17, 15) is 10.1 Å². The fraction of sp³-hybridized carbons (Fsp3) is 0.250. The Morgan fingerprint density at radius 1 is 1.50 bits per heavy atom. The summed E-state index contributed by atoms with van der Waals surface area (Å²) in [6.07, 6.45) is 0.933. The molecule has 0 amide bonds. The van der Waals surface area contributed by atoms with E-state index in [1.807, 2.05) is 4.90 Å². The molecule has 1 aliphatic rings. The molecule has 1 aliphatic heterocycles. The van der Waals surface area contributed by atoms with E-state index in [4.69, 9.17) is 5.84 Å². The van der Waals surface area contributed by atoms with E-state index in [0.29, 0.717) is 11.6 Å². The van der Waals surface area contributed by atoms with Gasteiger partial charge in [-0.25, -0.2) is 10.8 Å². The molecule has 2 aromatic heterocycles. The molecule has 20 heavy (non-hydrogen) atoms. The number of rotatable bonds is 3. The number of nitrogens with zero attached hydrogens (tertiary/aromatic N) is 3. The maximum absolute atomic E-state index is 11.0. The first-order valence-electron chi connectivity index (χ1n) is 6.10. The lowest BCUT2D eigenvalue weighted by atomic mass is 10.1. The number of fused-ring (bicyclic) bond motifs is 1. The quantitative estimate of drug-likeness (QED) is 0.509. The first kappa shape index (κ1) is 12.8. The van der Waals surface area contributed by atoms with Gasteiger partial charge in [0.05, 0.1) is 17.1 Å². The summed E-state index contributed by atoms with van der Waals surface area (Å²) < 4.78 is 0. The Balaban J connectivity index is 1.94. The molecule has 0 atom stereocenters. The summed E-state index contributed by atoms with van der Waals surface area (Å²) in [7, 11) is 0. The zero-order valence-corrected chi connectivity index (χ0v) is 11.4. The number of hydrogen-bond acceptors (Lipinski definition) is 7. The highest BCUT2D eigenvalue weighted by Gasteiger charge is 2.21. The van der Waals surface area contributed by atoms with Gasteiger partial charge in [-0.05, 0) is 23.4 Å². The molecule has 0 saturated heterocycles. The number of nitrogens with one attached hydrogen (secondary N) is 1. The van der Waals surface area contributed by atoms with Crippen LogP contribution >= 0.6 is 11.3 Å². The van der Waals surface area contributed by atoms with Crippen LogP contribution in [-0.4, -0.2) is 16.5 Å². The zero-order chi connectivity index (χ0) is 14.1. The largest absolute Gasteiger partial charge is 0.352 e. The van der Waals surface area contributed by atoms with E-state index in [2.05, 4.69) is 21.9 Å². The highest BCUT2D eigenvalue weighted by atomic mass is 32.1. The highest BCUT2D eigenvalue weighted by molar-refractivity contribution is 7.10. The highest BCUT2D eigenvalue weighted by Crippen LogP contribution is 2.29. The van der Waals surface area contributed by atoms with Gasteiger partial charge in [0.1, 0.15) is 11.6 Å². The van der Waals surface area contributed by atoms with Crippen molar-refractivity contribution in [3.05, 3.63) is 44.1 Å². The lowest BCUT2D eigenvalue weighted by Gasteiger charge is -2.28. The number of nitrogen functional groups attached to an aromatic ring is 1. The first-order chi connectivity index (χ1) is 9.67. The van der Waals surface area contributed by atoms with Crippen molar-refractivity contribution in [2.75, 3.05) is 16.9 Å². The molecular weight excluding hydrogens is 278 g/mol. The minimum Gasteiger partial charge on any atom is -0.352 e. The van der Waals surface area contributed by atoms with Crippen LogP contribution in [0.25, 0.3) is 0 Å². The molecule has 0 aliphatic carbocycles. The Bertz CT molecular complexity index is 657. The summed E-state index contributed by atoms with van der Waals surface area (Å²) in [5.41, 5.74) is 3.62. The number of anilines is 2. The SMILES string of the molecule is NNc1cc([N+](=O)[O-])cc(N2CCc3sccc3C2)n1. The molecule has 2 aromatic rings. The lowest BCUT2D eigenvalue weighted by Crippen LogP contribution is -2.30. The van der Waals surface area contributed by atoms with Crippen molar-refractivity contribution in [2.45, 2.75) is 13.0 Å². The van der Waals surface area contributed by atoms with Crippen molar-refractivity contribution in [1.82, 2.24) is 4.98 Å². The number of nitro groups is 1. The summed E-state index contributed by atoms with van der Waals surface area (Å²) >= 11 is 1.75. The van der Waals surface area contributed by atoms with Crippen LogP contribution in [0.4, 0.5) is 17.3 Å². The van der Waals surface area contributed by atoms with Crippen LogP contribution in [0.2, 0.25) is 0 Å². The maximum Gasteiger partial charge on any atom is 0.276 e. The van der Waals surface area contributed by atoms with Crippen LogP contribution in [0, 0.1) is 10.1 Å². The molecule has 3 rings (SSSR count). The van der Waals surface area contributed by atoms with Crippen LogP contribution in [-0.2, 0) is 13.0 Å². The van der Waals surface area contributed by atoms with E-state index in [1.54, 1.807) is 11.3 Å².